The van der Waals surface area contributed by atoms with E-state index in [1.807, 2.05) is 6.92 Å². The van der Waals surface area contributed by atoms with E-state index in [0.717, 1.165) is 38.5 Å². The highest BCUT2D eigenvalue weighted by atomic mass is 32.2. The lowest BCUT2D eigenvalue weighted by molar-refractivity contribution is 0.173. The average Bonchev–Trinajstić information content (AvgIpc) is 2.75. The molecule has 1 aliphatic carbocycles. The second-order valence-corrected chi connectivity index (χ2v) is 7.70. The second-order valence-electron chi connectivity index (χ2n) is 5.87. The van der Waals surface area contributed by atoms with Crippen LogP contribution in [0.1, 0.15) is 51.1 Å². The van der Waals surface area contributed by atoms with E-state index in [9.17, 15) is 8.42 Å². The van der Waals surface area contributed by atoms with Gasteiger partial charge in [0.2, 0.25) is 10.0 Å². The lowest BCUT2D eigenvalue weighted by Gasteiger charge is -2.41. The Labute approximate surface area is 127 Å². The fraction of sp³-hybridized carbons (Fsp3) is 0.786. The minimum absolute atomic E-state index is 0.265. The molecule has 0 unspecified atom stereocenters. The Balaban J connectivity index is 2.43. The van der Waals surface area contributed by atoms with Gasteiger partial charge in [0.05, 0.1) is 11.9 Å². The number of rotatable bonds is 5. The standard InChI is InChI=1S/C14H26N4O2S/c1-3-18(14(11-15)8-6-4-5-7-9-14)21(19,20)13-10-16-17-12(13)2/h10H,3-9,11,15H2,1-2H3,(H,16,17). The van der Waals surface area contributed by atoms with E-state index in [4.69, 9.17) is 5.73 Å². The molecule has 0 atom stereocenters. The number of nitrogens with zero attached hydrogens (tertiary/aromatic N) is 2. The topological polar surface area (TPSA) is 92.1 Å². The van der Waals surface area contributed by atoms with Gasteiger partial charge < -0.3 is 5.73 Å². The summed E-state index contributed by atoms with van der Waals surface area (Å²) in [7, 11) is -3.57. The predicted molar refractivity (Wildman–Crippen MR) is 82.4 cm³/mol. The van der Waals surface area contributed by atoms with Crippen molar-refractivity contribution in [3.8, 4) is 0 Å². The molecule has 6 nitrogen and oxygen atoms in total. The minimum Gasteiger partial charge on any atom is -0.329 e. The molecule has 21 heavy (non-hydrogen) atoms. The van der Waals surface area contributed by atoms with Crippen molar-refractivity contribution >= 4 is 10.0 Å². The molecule has 1 fully saturated rings. The molecular formula is C14H26N4O2S. The molecule has 3 N–H and O–H groups in total. The van der Waals surface area contributed by atoms with E-state index in [-0.39, 0.29) is 4.90 Å². The van der Waals surface area contributed by atoms with Crippen LogP contribution < -0.4 is 5.73 Å². The number of hydrogen-bond donors (Lipinski definition) is 2. The van der Waals surface area contributed by atoms with Crippen molar-refractivity contribution in [1.82, 2.24) is 14.5 Å². The number of likely N-dealkylation sites (N-methyl/N-ethyl adjacent to an activating group) is 1. The van der Waals surface area contributed by atoms with Gasteiger partial charge in [-0.3, -0.25) is 5.10 Å². The summed E-state index contributed by atoms with van der Waals surface area (Å²) in [5, 5.41) is 6.57. The lowest BCUT2D eigenvalue weighted by Crippen LogP contribution is -2.55. The summed E-state index contributed by atoms with van der Waals surface area (Å²) in [6.45, 7) is 4.42. The summed E-state index contributed by atoms with van der Waals surface area (Å²) in [6, 6.07) is 0. The molecule has 1 aliphatic rings. The number of aryl methyl sites for hydroxylation is 1. The van der Waals surface area contributed by atoms with E-state index in [2.05, 4.69) is 10.2 Å². The van der Waals surface area contributed by atoms with E-state index in [1.165, 1.54) is 6.20 Å². The number of aromatic amines is 1. The van der Waals surface area contributed by atoms with Crippen LogP contribution in [0.25, 0.3) is 0 Å². The maximum Gasteiger partial charge on any atom is 0.246 e. The summed E-state index contributed by atoms with van der Waals surface area (Å²) >= 11 is 0. The quantitative estimate of drug-likeness (QED) is 0.810. The van der Waals surface area contributed by atoms with Crippen LogP contribution in [0.15, 0.2) is 11.1 Å². The Bertz CT molecular complexity index is 559. The molecule has 0 saturated heterocycles. The average molecular weight is 314 g/mol. The molecular weight excluding hydrogens is 288 g/mol. The van der Waals surface area contributed by atoms with Crippen LogP contribution in [-0.4, -0.2) is 41.5 Å². The van der Waals surface area contributed by atoms with Crippen LogP contribution in [0.3, 0.4) is 0 Å². The Morgan fingerprint density at radius 2 is 1.95 bits per heavy atom. The minimum atomic E-state index is -3.57. The van der Waals surface area contributed by atoms with Gasteiger partial charge in [0.15, 0.2) is 0 Å². The summed E-state index contributed by atoms with van der Waals surface area (Å²) in [4.78, 5) is 0.265. The maximum atomic E-state index is 13.0. The third-order valence-electron chi connectivity index (χ3n) is 4.58. The molecule has 0 aliphatic heterocycles. The highest BCUT2D eigenvalue weighted by molar-refractivity contribution is 7.89. The van der Waals surface area contributed by atoms with Gasteiger partial charge in [-0.2, -0.15) is 9.40 Å². The van der Waals surface area contributed by atoms with Gasteiger partial charge in [-0.1, -0.05) is 32.6 Å². The number of nitrogens with two attached hydrogens (primary N) is 1. The molecule has 120 valence electrons. The molecule has 7 heteroatoms. The Hall–Kier alpha value is -0.920. The second kappa shape index (κ2) is 6.46. The van der Waals surface area contributed by atoms with Gasteiger partial charge >= 0.3 is 0 Å². The summed E-state index contributed by atoms with van der Waals surface area (Å²) in [5.74, 6) is 0. The normalized spacial score (nSPS) is 19.6. The first-order valence-corrected chi connectivity index (χ1v) is 9.15. The summed E-state index contributed by atoms with van der Waals surface area (Å²) < 4.78 is 27.7. The van der Waals surface area contributed by atoms with Crippen molar-refractivity contribution < 1.29 is 8.42 Å². The highest BCUT2D eigenvalue weighted by Crippen LogP contribution is 2.35. The Kier molecular flexibility index (Phi) is 5.06. The molecule has 1 aromatic rings. The van der Waals surface area contributed by atoms with Gasteiger partial charge in [0.1, 0.15) is 4.90 Å². The molecule has 0 radical (unpaired) electrons. The van der Waals surface area contributed by atoms with Crippen molar-refractivity contribution in [1.29, 1.82) is 0 Å². The van der Waals surface area contributed by atoms with Crippen molar-refractivity contribution in [3.05, 3.63) is 11.9 Å². The van der Waals surface area contributed by atoms with Crippen LogP contribution in [0.4, 0.5) is 0 Å². The highest BCUT2D eigenvalue weighted by Gasteiger charge is 2.43. The zero-order valence-corrected chi connectivity index (χ0v) is 13.7. The number of H-pyrrole nitrogens is 1. The zero-order chi connectivity index (χ0) is 15.5. The van der Waals surface area contributed by atoms with Gasteiger partial charge in [-0.15, -0.1) is 0 Å². The lowest BCUT2D eigenvalue weighted by atomic mass is 9.90. The third kappa shape index (κ3) is 3.00. The molecule has 0 amide bonds. The first-order chi connectivity index (χ1) is 9.98. The smallest absolute Gasteiger partial charge is 0.246 e. The van der Waals surface area contributed by atoms with Crippen molar-refractivity contribution in [2.24, 2.45) is 5.73 Å². The first kappa shape index (κ1) is 16.5. The Morgan fingerprint density at radius 3 is 2.38 bits per heavy atom. The van der Waals surface area contributed by atoms with Crippen molar-refractivity contribution in [3.63, 3.8) is 0 Å². The number of nitrogens with one attached hydrogen (secondary N) is 1. The van der Waals surface area contributed by atoms with Crippen molar-refractivity contribution in [2.45, 2.75) is 62.8 Å². The van der Waals surface area contributed by atoms with E-state index in [1.54, 1.807) is 11.2 Å². The SMILES string of the molecule is CCN(C1(CN)CCCCCC1)S(=O)(=O)c1cn[nH]c1C. The van der Waals surface area contributed by atoms with Crippen molar-refractivity contribution in [2.75, 3.05) is 13.1 Å². The zero-order valence-electron chi connectivity index (χ0n) is 12.9. The van der Waals surface area contributed by atoms with Crippen LogP contribution in [0.5, 0.6) is 0 Å². The third-order valence-corrected chi connectivity index (χ3v) is 6.78. The maximum absolute atomic E-state index is 13.0. The van der Waals surface area contributed by atoms with Crippen LogP contribution >= 0.6 is 0 Å². The van der Waals surface area contributed by atoms with E-state index in [0.29, 0.717) is 18.8 Å². The summed E-state index contributed by atoms with van der Waals surface area (Å²) in [5.41, 5.74) is 6.17. The molecule has 1 heterocycles. The molecule has 0 aromatic carbocycles. The van der Waals surface area contributed by atoms with Gasteiger partial charge in [0, 0.05) is 18.6 Å². The first-order valence-electron chi connectivity index (χ1n) is 7.71. The van der Waals surface area contributed by atoms with E-state index < -0.39 is 15.6 Å². The Morgan fingerprint density at radius 1 is 1.33 bits per heavy atom. The van der Waals surface area contributed by atoms with Crippen LogP contribution in [0, 0.1) is 6.92 Å². The van der Waals surface area contributed by atoms with Gasteiger partial charge in [-0.25, -0.2) is 8.42 Å². The number of sulfonamides is 1. The molecule has 0 spiro atoms. The molecule has 1 aromatic heterocycles. The summed E-state index contributed by atoms with van der Waals surface area (Å²) in [6.07, 6.45) is 7.46. The van der Waals surface area contributed by atoms with Crippen LogP contribution in [0.2, 0.25) is 0 Å². The monoisotopic (exact) mass is 314 g/mol. The fourth-order valence-corrected chi connectivity index (χ4v) is 5.38. The van der Waals surface area contributed by atoms with E-state index >= 15 is 0 Å². The molecule has 2 rings (SSSR count). The molecule has 1 saturated carbocycles. The van der Waals surface area contributed by atoms with Crippen LogP contribution in [-0.2, 0) is 10.0 Å². The fourth-order valence-electron chi connectivity index (χ4n) is 3.42. The number of aromatic nitrogens is 2. The molecule has 0 bridgehead atoms. The van der Waals surface area contributed by atoms with Gasteiger partial charge in [-0.05, 0) is 19.8 Å². The predicted octanol–water partition coefficient (Wildman–Crippen LogP) is 1.78. The van der Waals surface area contributed by atoms with Gasteiger partial charge in [0.25, 0.3) is 0 Å². The largest absolute Gasteiger partial charge is 0.329 e. The number of hydrogen-bond acceptors (Lipinski definition) is 4.